The predicted octanol–water partition coefficient (Wildman–Crippen LogP) is 2.73. The number of rotatable bonds is 4. The van der Waals surface area contributed by atoms with Gasteiger partial charge in [-0.1, -0.05) is 23.4 Å². The van der Waals surface area contributed by atoms with Crippen LogP contribution >= 0.6 is 0 Å². The number of hydrogen-bond donors (Lipinski definition) is 2. The molecule has 3 aromatic heterocycles. The Morgan fingerprint density at radius 3 is 2.85 bits per heavy atom. The minimum atomic E-state index is -0.238. The van der Waals surface area contributed by atoms with E-state index < -0.39 is 0 Å². The molecule has 0 amide bonds. The predicted molar refractivity (Wildman–Crippen MR) is 101 cm³/mol. The van der Waals surface area contributed by atoms with Gasteiger partial charge in [-0.15, -0.1) is 0 Å². The first-order valence-electron chi connectivity index (χ1n) is 8.25. The van der Waals surface area contributed by atoms with Crippen molar-refractivity contribution in [2.75, 3.05) is 12.4 Å². The number of imidazole rings is 1. The minimum Gasteiger partial charge on any atom is -0.388 e. The van der Waals surface area contributed by atoms with Crippen LogP contribution in [0.1, 0.15) is 21.9 Å². The molecule has 0 radical (unpaired) electrons. The van der Waals surface area contributed by atoms with Gasteiger partial charge in [0.05, 0.1) is 6.20 Å². The van der Waals surface area contributed by atoms with Crippen molar-refractivity contribution in [1.29, 1.82) is 0 Å². The number of carbonyl (C=O) groups excluding carboxylic acids is 1. The summed E-state index contributed by atoms with van der Waals surface area (Å²) in [7, 11) is 1.86. The van der Waals surface area contributed by atoms with Crippen LogP contribution in [0.4, 0.5) is 5.69 Å². The quantitative estimate of drug-likeness (QED) is 0.536. The summed E-state index contributed by atoms with van der Waals surface area (Å²) in [5.74, 6) is 0.710. The normalized spacial score (nSPS) is 10.3. The second-order valence-corrected chi connectivity index (χ2v) is 5.68. The molecule has 0 aliphatic carbocycles. The van der Waals surface area contributed by atoms with Gasteiger partial charge in [0.15, 0.2) is 6.29 Å². The molecule has 0 saturated carbocycles. The third-order valence-corrected chi connectivity index (χ3v) is 3.93. The van der Waals surface area contributed by atoms with Crippen LogP contribution in [-0.4, -0.2) is 38.0 Å². The molecule has 0 spiro atoms. The average Bonchev–Trinajstić information content (AvgIpc) is 3.35. The topological polar surface area (TPSA) is 106 Å². The van der Waals surface area contributed by atoms with Crippen molar-refractivity contribution in [2.24, 2.45) is 0 Å². The SMILES string of the molecule is CNc1cc(-c2noc(CO)n2)ccc1C.O=Cc1cnc2ccccn12. The van der Waals surface area contributed by atoms with Gasteiger partial charge in [0.2, 0.25) is 5.82 Å². The van der Waals surface area contributed by atoms with Gasteiger partial charge >= 0.3 is 0 Å². The number of nitrogens with zero attached hydrogens (tertiary/aromatic N) is 4. The van der Waals surface area contributed by atoms with E-state index >= 15 is 0 Å². The maximum absolute atomic E-state index is 10.4. The molecule has 2 N–H and O–H groups in total. The van der Waals surface area contributed by atoms with E-state index in [1.165, 1.54) is 0 Å². The molecule has 4 rings (SSSR count). The lowest BCUT2D eigenvalue weighted by Gasteiger charge is -2.05. The van der Waals surface area contributed by atoms with Crippen LogP contribution in [0.15, 0.2) is 53.3 Å². The van der Waals surface area contributed by atoms with Gasteiger partial charge < -0.3 is 14.9 Å². The van der Waals surface area contributed by atoms with Crippen LogP contribution in [0.25, 0.3) is 17.0 Å². The fourth-order valence-electron chi connectivity index (χ4n) is 2.51. The van der Waals surface area contributed by atoms with Crippen LogP contribution in [0.3, 0.4) is 0 Å². The van der Waals surface area contributed by atoms with E-state index in [0.29, 0.717) is 11.5 Å². The lowest BCUT2D eigenvalue weighted by molar-refractivity contribution is 0.111. The Kier molecular flexibility index (Phi) is 5.58. The van der Waals surface area contributed by atoms with Crippen molar-refractivity contribution in [3.63, 3.8) is 0 Å². The Bertz CT molecular complexity index is 1050. The number of nitrogens with one attached hydrogen (secondary N) is 1. The van der Waals surface area contributed by atoms with Crippen molar-refractivity contribution < 1.29 is 14.4 Å². The second-order valence-electron chi connectivity index (χ2n) is 5.68. The molecule has 0 saturated heterocycles. The molecule has 27 heavy (non-hydrogen) atoms. The van der Waals surface area contributed by atoms with E-state index in [0.717, 1.165) is 28.7 Å². The molecule has 8 heteroatoms. The number of pyridine rings is 1. The number of fused-ring (bicyclic) bond motifs is 1. The Morgan fingerprint density at radius 2 is 2.15 bits per heavy atom. The molecular formula is C19H19N5O3. The molecule has 0 atom stereocenters. The Balaban J connectivity index is 0.000000166. The first-order chi connectivity index (χ1) is 13.2. The van der Waals surface area contributed by atoms with Crippen LogP contribution < -0.4 is 5.32 Å². The number of anilines is 1. The number of aliphatic hydroxyl groups excluding tert-OH is 1. The van der Waals surface area contributed by atoms with Crippen LogP contribution in [0.5, 0.6) is 0 Å². The number of aromatic nitrogens is 4. The van der Waals surface area contributed by atoms with Crippen molar-refractivity contribution in [3.8, 4) is 11.4 Å². The monoisotopic (exact) mass is 365 g/mol. The van der Waals surface area contributed by atoms with E-state index in [2.05, 4.69) is 20.4 Å². The molecule has 138 valence electrons. The first-order valence-corrected chi connectivity index (χ1v) is 8.25. The Hall–Kier alpha value is -3.52. The molecular weight excluding hydrogens is 346 g/mol. The van der Waals surface area contributed by atoms with Gasteiger partial charge in [0.1, 0.15) is 17.9 Å². The zero-order valence-corrected chi connectivity index (χ0v) is 15.0. The highest BCUT2D eigenvalue weighted by Crippen LogP contribution is 2.23. The lowest BCUT2D eigenvalue weighted by atomic mass is 10.1. The summed E-state index contributed by atoms with van der Waals surface area (Å²) < 4.78 is 6.58. The maximum atomic E-state index is 10.4. The smallest absolute Gasteiger partial charge is 0.252 e. The number of carbonyl (C=O) groups is 1. The summed E-state index contributed by atoms with van der Waals surface area (Å²) in [4.78, 5) is 18.5. The zero-order valence-electron chi connectivity index (χ0n) is 15.0. The van der Waals surface area contributed by atoms with Crippen LogP contribution in [0, 0.1) is 6.92 Å². The van der Waals surface area contributed by atoms with Crippen LogP contribution in [-0.2, 0) is 6.61 Å². The summed E-state index contributed by atoms with van der Waals surface area (Å²) >= 11 is 0. The van der Waals surface area contributed by atoms with Gasteiger partial charge in [-0.2, -0.15) is 4.98 Å². The van der Waals surface area contributed by atoms with E-state index in [1.54, 1.807) is 10.6 Å². The summed E-state index contributed by atoms with van der Waals surface area (Å²) in [5.41, 5.74) is 4.42. The molecule has 1 aromatic carbocycles. The van der Waals surface area contributed by atoms with Crippen molar-refractivity contribution in [3.05, 3.63) is 65.9 Å². The van der Waals surface area contributed by atoms with Gasteiger partial charge in [0, 0.05) is 24.5 Å². The molecule has 0 aliphatic heterocycles. The maximum Gasteiger partial charge on any atom is 0.252 e. The number of aryl methyl sites for hydroxylation is 1. The van der Waals surface area contributed by atoms with Gasteiger partial charge in [-0.25, -0.2) is 4.98 Å². The summed E-state index contributed by atoms with van der Waals surface area (Å²) in [6, 6.07) is 11.4. The van der Waals surface area contributed by atoms with Crippen molar-refractivity contribution in [1.82, 2.24) is 19.5 Å². The summed E-state index contributed by atoms with van der Waals surface area (Å²) in [5, 5.41) is 15.7. The third kappa shape index (κ3) is 4.01. The van der Waals surface area contributed by atoms with Crippen LogP contribution in [0.2, 0.25) is 0 Å². The van der Waals surface area contributed by atoms with E-state index in [-0.39, 0.29) is 12.5 Å². The van der Waals surface area contributed by atoms with Gasteiger partial charge in [0.25, 0.3) is 5.89 Å². The highest BCUT2D eigenvalue weighted by atomic mass is 16.5. The molecule has 0 unspecified atom stereocenters. The molecule has 8 nitrogen and oxygen atoms in total. The zero-order chi connectivity index (χ0) is 19.2. The fraction of sp³-hybridized carbons (Fsp3) is 0.158. The number of aldehydes is 1. The largest absolute Gasteiger partial charge is 0.388 e. The number of hydrogen-bond acceptors (Lipinski definition) is 7. The summed E-state index contributed by atoms with van der Waals surface area (Å²) in [6.07, 6.45) is 4.16. The third-order valence-electron chi connectivity index (χ3n) is 3.93. The number of aliphatic hydroxyl groups is 1. The van der Waals surface area contributed by atoms with Crippen molar-refractivity contribution in [2.45, 2.75) is 13.5 Å². The van der Waals surface area contributed by atoms with E-state index in [1.807, 2.05) is 56.6 Å². The average molecular weight is 365 g/mol. The standard InChI is InChI=1S/C11H13N3O2.C8H6N2O/c1-7-3-4-8(5-9(7)12-2)11-13-10(6-15)16-14-11;11-6-7-5-9-8-3-1-2-4-10(7)8/h3-5,12,15H,6H2,1-2H3;1-6H. The Morgan fingerprint density at radius 1 is 1.30 bits per heavy atom. The Labute approximate surface area is 155 Å². The highest BCUT2D eigenvalue weighted by molar-refractivity contribution is 5.73. The van der Waals surface area contributed by atoms with Gasteiger partial charge in [-0.3, -0.25) is 9.20 Å². The summed E-state index contributed by atoms with van der Waals surface area (Å²) in [6.45, 7) is 1.78. The second kappa shape index (κ2) is 8.24. The van der Waals surface area contributed by atoms with Gasteiger partial charge in [-0.05, 0) is 30.7 Å². The molecule has 0 aliphatic rings. The molecule has 0 bridgehead atoms. The highest BCUT2D eigenvalue weighted by Gasteiger charge is 2.08. The van der Waals surface area contributed by atoms with E-state index in [4.69, 9.17) is 9.63 Å². The molecule has 4 aromatic rings. The van der Waals surface area contributed by atoms with E-state index in [9.17, 15) is 4.79 Å². The molecule has 3 heterocycles. The number of benzene rings is 1. The van der Waals surface area contributed by atoms with Crippen molar-refractivity contribution >= 4 is 17.6 Å². The minimum absolute atomic E-state index is 0.224. The lowest BCUT2D eigenvalue weighted by Crippen LogP contribution is -1.92. The molecule has 0 fully saturated rings. The fourth-order valence-corrected chi connectivity index (χ4v) is 2.51. The first kappa shape index (κ1) is 18.3.